The summed E-state index contributed by atoms with van der Waals surface area (Å²) < 4.78 is 30.8. The number of amides is 1. The van der Waals surface area contributed by atoms with Gasteiger partial charge in [0.2, 0.25) is 5.91 Å². The summed E-state index contributed by atoms with van der Waals surface area (Å²) in [5.41, 5.74) is 0. The van der Waals surface area contributed by atoms with Gasteiger partial charge in [0.05, 0.1) is 28.4 Å². The number of nitrogens with zero attached hydrogens (tertiary/aromatic N) is 1. The minimum absolute atomic E-state index is 0.0603. The summed E-state index contributed by atoms with van der Waals surface area (Å²) in [5.74, 6) is -0.152. The number of benzene rings is 1. The number of carbonyl (C=O) groups excluding carboxylic acids is 1. The Balaban J connectivity index is 1.72. The molecule has 1 aliphatic heterocycles. The summed E-state index contributed by atoms with van der Waals surface area (Å²) in [7, 11) is -3.49. The highest BCUT2D eigenvalue weighted by Gasteiger charge is 2.40. The van der Waals surface area contributed by atoms with E-state index in [2.05, 4.69) is 0 Å². The predicted molar refractivity (Wildman–Crippen MR) is 87.2 cm³/mol. The molecule has 2 atom stereocenters. The van der Waals surface area contributed by atoms with Gasteiger partial charge in [-0.15, -0.1) is 0 Å². The normalized spacial score (nSPS) is 25.5. The van der Waals surface area contributed by atoms with Gasteiger partial charge in [-0.25, -0.2) is 8.42 Å². The van der Waals surface area contributed by atoms with Gasteiger partial charge in [-0.3, -0.25) is 4.79 Å². The van der Waals surface area contributed by atoms with Crippen LogP contribution in [0.4, 0.5) is 0 Å². The predicted octanol–water partition coefficient (Wildman–Crippen LogP) is 2.14. The van der Waals surface area contributed by atoms with Gasteiger partial charge in [-0.2, -0.15) is 0 Å². The minimum Gasteiger partial charge on any atom is -0.378 e. The fourth-order valence-corrected chi connectivity index (χ4v) is 5.70. The number of sulfone groups is 1. The van der Waals surface area contributed by atoms with E-state index in [1.165, 1.54) is 6.07 Å². The molecule has 126 valence electrons. The first-order chi connectivity index (χ1) is 11.0. The summed E-state index contributed by atoms with van der Waals surface area (Å²) in [4.78, 5) is 14.5. The van der Waals surface area contributed by atoms with Gasteiger partial charge in [-0.05, 0) is 31.4 Å². The third kappa shape index (κ3) is 3.39. The Morgan fingerprint density at radius 2 is 1.87 bits per heavy atom. The van der Waals surface area contributed by atoms with E-state index in [0.29, 0.717) is 45.6 Å². The van der Waals surface area contributed by atoms with Crippen LogP contribution < -0.4 is 0 Å². The SMILES string of the molecule is O=C([C@@H]1CC[C@@H](S(=O)(=O)c2ccccc2Cl)C1)N1CCOCC1. The molecular formula is C16H20ClNO4S. The van der Waals surface area contributed by atoms with Crippen molar-refractivity contribution in [1.82, 2.24) is 4.90 Å². The second-order valence-corrected chi connectivity index (χ2v) is 8.65. The zero-order valence-corrected chi connectivity index (χ0v) is 14.4. The molecule has 5 nitrogen and oxygen atoms in total. The van der Waals surface area contributed by atoms with Crippen LogP contribution in [0.25, 0.3) is 0 Å². The number of halogens is 1. The molecule has 3 rings (SSSR count). The summed E-state index contributed by atoms with van der Waals surface area (Å²) in [6, 6.07) is 6.50. The van der Waals surface area contributed by atoms with E-state index >= 15 is 0 Å². The monoisotopic (exact) mass is 357 g/mol. The third-order valence-electron chi connectivity index (χ3n) is 4.64. The third-order valence-corrected chi connectivity index (χ3v) is 7.36. The van der Waals surface area contributed by atoms with Gasteiger partial charge in [-0.1, -0.05) is 23.7 Å². The molecule has 0 radical (unpaired) electrons. The van der Waals surface area contributed by atoms with E-state index in [9.17, 15) is 13.2 Å². The van der Waals surface area contributed by atoms with Crippen molar-refractivity contribution in [2.75, 3.05) is 26.3 Å². The molecule has 1 aliphatic carbocycles. The Morgan fingerprint density at radius 1 is 1.17 bits per heavy atom. The molecule has 7 heteroatoms. The van der Waals surface area contributed by atoms with Crippen molar-refractivity contribution in [2.45, 2.75) is 29.4 Å². The van der Waals surface area contributed by atoms with Crippen LogP contribution in [-0.4, -0.2) is 50.8 Å². The maximum absolute atomic E-state index is 12.8. The zero-order valence-electron chi connectivity index (χ0n) is 12.8. The molecular weight excluding hydrogens is 338 g/mol. The highest BCUT2D eigenvalue weighted by molar-refractivity contribution is 7.92. The van der Waals surface area contributed by atoms with Crippen molar-refractivity contribution in [3.8, 4) is 0 Å². The van der Waals surface area contributed by atoms with Crippen LogP contribution >= 0.6 is 11.6 Å². The Hall–Kier alpha value is -1.11. The number of carbonyl (C=O) groups is 1. The van der Waals surface area contributed by atoms with Crippen LogP contribution in [0.2, 0.25) is 5.02 Å². The standard InChI is InChI=1S/C16H20ClNO4S/c17-14-3-1-2-4-15(14)23(20,21)13-6-5-12(11-13)16(19)18-7-9-22-10-8-18/h1-4,12-13H,5-11H2/t12-,13-/m1/s1. The van der Waals surface area contributed by atoms with Gasteiger partial charge in [0.15, 0.2) is 9.84 Å². The second-order valence-electron chi connectivity index (χ2n) is 6.05. The van der Waals surface area contributed by atoms with Crippen LogP contribution in [0.1, 0.15) is 19.3 Å². The largest absolute Gasteiger partial charge is 0.378 e. The minimum atomic E-state index is -3.49. The van der Waals surface area contributed by atoms with Crippen molar-refractivity contribution >= 4 is 27.3 Å². The van der Waals surface area contributed by atoms with Crippen LogP contribution in [-0.2, 0) is 19.4 Å². The number of hydrogen-bond donors (Lipinski definition) is 0. The molecule has 0 unspecified atom stereocenters. The quantitative estimate of drug-likeness (QED) is 0.831. The lowest BCUT2D eigenvalue weighted by Crippen LogP contribution is -2.43. The fourth-order valence-electron chi connectivity index (χ4n) is 3.34. The average Bonchev–Trinajstić information content (AvgIpc) is 3.06. The summed E-state index contributed by atoms with van der Waals surface area (Å²) >= 11 is 6.04. The lowest BCUT2D eigenvalue weighted by atomic mass is 10.1. The Morgan fingerprint density at radius 3 is 2.57 bits per heavy atom. The molecule has 1 aromatic rings. The Bertz CT molecular complexity index is 685. The van der Waals surface area contributed by atoms with Gasteiger partial charge in [0.1, 0.15) is 0 Å². The first kappa shape index (κ1) is 16.7. The van der Waals surface area contributed by atoms with E-state index in [-0.39, 0.29) is 21.7 Å². The molecule has 0 spiro atoms. The number of ether oxygens (including phenoxy) is 1. The van der Waals surface area contributed by atoms with Gasteiger partial charge < -0.3 is 9.64 Å². The molecule has 0 bridgehead atoms. The average molecular weight is 358 g/mol. The van der Waals surface area contributed by atoms with Gasteiger partial charge in [0.25, 0.3) is 0 Å². The van der Waals surface area contributed by atoms with Crippen LogP contribution in [0, 0.1) is 5.92 Å². The Kier molecular flexibility index (Phi) is 4.94. The van der Waals surface area contributed by atoms with Crippen molar-refractivity contribution in [3.05, 3.63) is 29.3 Å². The van der Waals surface area contributed by atoms with Crippen LogP contribution in [0.3, 0.4) is 0 Å². The molecule has 0 N–H and O–H groups in total. The molecule has 0 aromatic heterocycles. The topological polar surface area (TPSA) is 63.7 Å². The van der Waals surface area contributed by atoms with Crippen molar-refractivity contribution in [1.29, 1.82) is 0 Å². The lowest BCUT2D eigenvalue weighted by Gasteiger charge is -2.29. The molecule has 1 heterocycles. The molecule has 1 saturated heterocycles. The maximum Gasteiger partial charge on any atom is 0.225 e. The molecule has 2 fully saturated rings. The van der Waals surface area contributed by atoms with Crippen molar-refractivity contribution in [2.24, 2.45) is 5.92 Å². The smallest absolute Gasteiger partial charge is 0.225 e. The summed E-state index contributed by atoms with van der Waals surface area (Å²) in [6.45, 7) is 2.30. The van der Waals surface area contributed by atoms with E-state index in [0.717, 1.165) is 0 Å². The maximum atomic E-state index is 12.8. The Labute approximate surface area is 141 Å². The van der Waals surface area contributed by atoms with Crippen molar-refractivity contribution < 1.29 is 17.9 Å². The van der Waals surface area contributed by atoms with Crippen molar-refractivity contribution in [3.63, 3.8) is 0 Å². The summed E-state index contributed by atoms with van der Waals surface area (Å²) in [6.07, 6.45) is 1.50. The summed E-state index contributed by atoms with van der Waals surface area (Å²) in [5, 5.41) is -0.284. The highest BCUT2D eigenvalue weighted by atomic mass is 35.5. The van der Waals surface area contributed by atoms with E-state index in [4.69, 9.17) is 16.3 Å². The fraction of sp³-hybridized carbons (Fsp3) is 0.562. The molecule has 2 aliphatic rings. The molecule has 1 aromatic carbocycles. The molecule has 1 amide bonds. The van der Waals surface area contributed by atoms with E-state index < -0.39 is 15.1 Å². The second kappa shape index (κ2) is 6.79. The highest BCUT2D eigenvalue weighted by Crippen LogP contribution is 2.36. The van der Waals surface area contributed by atoms with E-state index in [1.54, 1.807) is 23.1 Å². The molecule has 1 saturated carbocycles. The van der Waals surface area contributed by atoms with Crippen LogP contribution in [0.5, 0.6) is 0 Å². The van der Waals surface area contributed by atoms with Gasteiger partial charge >= 0.3 is 0 Å². The van der Waals surface area contributed by atoms with Crippen LogP contribution in [0.15, 0.2) is 29.2 Å². The number of rotatable bonds is 3. The molecule has 23 heavy (non-hydrogen) atoms. The van der Waals surface area contributed by atoms with Gasteiger partial charge in [0, 0.05) is 19.0 Å². The number of morpholine rings is 1. The first-order valence-electron chi connectivity index (χ1n) is 7.85. The lowest BCUT2D eigenvalue weighted by molar-refractivity contribution is -0.139. The first-order valence-corrected chi connectivity index (χ1v) is 9.77. The number of hydrogen-bond acceptors (Lipinski definition) is 4. The zero-order chi connectivity index (χ0) is 16.4. The van der Waals surface area contributed by atoms with E-state index in [1.807, 2.05) is 0 Å².